The van der Waals surface area contributed by atoms with E-state index in [2.05, 4.69) is 14.9 Å². The Balaban J connectivity index is 1.79. The second kappa shape index (κ2) is 5.47. The van der Waals surface area contributed by atoms with E-state index in [0.29, 0.717) is 0 Å². The summed E-state index contributed by atoms with van der Waals surface area (Å²) in [6.07, 6.45) is 3.75. The highest BCUT2D eigenvalue weighted by Crippen LogP contribution is 2.23. The number of aromatic nitrogens is 2. The molecule has 0 saturated heterocycles. The highest BCUT2D eigenvalue weighted by atomic mass is 35.5. The van der Waals surface area contributed by atoms with Gasteiger partial charge in [-0.2, -0.15) is 0 Å². The number of hydrogen-bond acceptors (Lipinski definition) is 3. The molecule has 0 unspecified atom stereocenters. The summed E-state index contributed by atoms with van der Waals surface area (Å²) in [6, 6.07) is 14.0. The molecule has 3 nitrogen and oxygen atoms in total. The lowest BCUT2D eigenvalue weighted by Gasteiger charge is -2.08. The Hall–Kier alpha value is -1.78. The largest absolute Gasteiger partial charge is 0.326 e. The molecule has 0 amide bonds. The van der Waals surface area contributed by atoms with Gasteiger partial charge < -0.3 is 9.88 Å². The van der Waals surface area contributed by atoms with E-state index in [1.165, 1.54) is 4.88 Å². The van der Waals surface area contributed by atoms with Crippen LogP contribution in [0.1, 0.15) is 4.88 Å². The van der Waals surface area contributed by atoms with Gasteiger partial charge in [0.25, 0.3) is 0 Å². The van der Waals surface area contributed by atoms with Crippen molar-refractivity contribution in [1.29, 1.82) is 0 Å². The molecule has 2 heterocycles. The molecule has 2 aromatic heterocycles. The first-order valence-electron chi connectivity index (χ1n) is 5.89. The van der Waals surface area contributed by atoms with Crippen molar-refractivity contribution in [3.63, 3.8) is 0 Å². The lowest BCUT2D eigenvalue weighted by Crippen LogP contribution is -2.03. The summed E-state index contributed by atoms with van der Waals surface area (Å²) in [7, 11) is 0. The molecule has 1 aromatic carbocycles. The van der Waals surface area contributed by atoms with Crippen LogP contribution in [0.5, 0.6) is 0 Å². The van der Waals surface area contributed by atoms with Crippen molar-refractivity contribution >= 4 is 34.6 Å². The molecule has 0 fully saturated rings. The number of benzene rings is 1. The Labute approximate surface area is 120 Å². The molecule has 0 bridgehead atoms. The van der Waals surface area contributed by atoms with Crippen LogP contribution >= 0.6 is 22.9 Å². The molecule has 3 rings (SSSR count). The number of para-hydroxylation sites is 1. The van der Waals surface area contributed by atoms with Gasteiger partial charge in [0.15, 0.2) is 0 Å². The minimum atomic E-state index is 0.770. The number of nitrogens with one attached hydrogen (secondary N) is 1. The molecule has 5 heteroatoms. The summed E-state index contributed by atoms with van der Waals surface area (Å²) in [5.41, 5.74) is 1.03. The van der Waals surface area contributed by atoms with Gasteiger partial charge in [-0.05, 0) is 24.3 Å². The highest BCUT2D eigenvalue weighted by Gasteiger charge is 2.05. The van der Waals surface area contributed by atoms with E-state index >= 15 is 0 Å². The van der Waals surface area contributed by atoms with Crippen molar-refractivity contribution in [1.82, 2.24) is 9.55 Å². The number of hydrogen-bond donors (Lipinski definition) is 1. The van der Waals surface area contributed by atoms with Crippen LogP contribution in [0.3, 0.4) is 0 Å². The van der Waals surface area contributed by atoms with Crippen LogP contribution in [0, 0.1) is 0 Å². The molecule has 0 radical (unpaired) electrons. The summed E-state index contributed by atoms with van der Waals surface area (Å²) in [5, 5.41) is 3.30. The Bertz CT molecular complexity index is 660. The number of anilines is 2. The fourth-order valence-corrected chi connectivity index (χ4v) is 2.90. The molecule has 1 N–H and O–H groups in total. The summed E-state index contributed by atoms with van der Waals surface area (Å²) >= 11 is 7.54. The zero-order chi connectivity index (χ0) is 13.1. The molecular formula is C14H12ClN3S. The summed E-state index contributed by atoms with van der Waals surface area (Å²) in [6.45, 7) is 0.770. The smallest absolute Gasteiger partial charge is 0.207 e. The zero-order valence-corrected chi connectivity index (χ0v) is 11.7. The number of nitrogens with zero attached hydrogens (tertiary/aromatic N) is 2. The van der Waals surface area contributed by atoms with E-state index in [4.69, 9.17) is 11.6 Å². The summed E-state index contributed by atoms with van der Waals surface area (Å²) in [4.78, 5) is 5.55. The van der Waals surface area contributed by atoms with Gasteiger partial charge in [-0.1, -0.05) is 29.8 Å². The van der Waals surface area contributed by atoms with E-state index in [0.717, 1.165) is 22.5 Å². The van der Waals surface area contributed by atoms with Crippen LogP contribution in [0.2, 0.25) is 4.34 Å². The topological polar surface area (TPSA) is 29.9 Å². The van der Waals surface area contributed by atoms with E-state index < -0.39 is 0 Å². The van der Waals surface area contributed by atoms with Crippen molar-refractivity contribution in [2.24, 2.45) is 0 Å². The van der Waals surface area contributed by atoms with Crippen LogP contribution in [0.4, 0.5) is 11.6 Å². The number of rotatable bonds is 4. The number of thiophene rings is 1. The quantitative estimate of drug-likeness (QED) is 0.772. The van der Waals surface area contributed by atoms with Gasteiger partial charge in [-0.15, -0.1) is 11.3 Å². The second-order valence-corrected chi connectivity index (χ2v) is 5.88. The van der Waals surface area contributed by atoms with Crippen LogP contribution < -0.4 is 5.32 Å². The highest BCUT2D eigenvalue weighted by molar-refractivity contribution is 7.16. The third-order valence-electron chi connectivity index (χ3n) is 2.70. The molecule has 0 aliphatic carbocycles. The van der Waals surface area contributed by atoms with Crippen molar-refractivity contribution in [2.45, 2.75) is 6.54 Å². The maximum absolute atomic E-state index is 5.95. The normalized spacial score (nSPS) is 10.6. The lowest BCUT2D eigenvalue weighted by atomic mass is 10.3. The molecule has 0 atom stereocenters. The Morgan fingerprint density at radius 3 is 2.74 bits per heavy atom. The molecule has 0 spiro atoms. The van der Waals surface area contributed by atoms with Gasteiger partial charge in [0.1, 0.15) is 0 Å². The average Bonchev–Trinajstić information content (AvgIpc) is 3.01. The van der Waals surface area contributed by atoms with Crippen molar-refractivity contribution in [3.05, 3.63) is 64.1 Å². The van der Waals surface area contributed by atoms with E-state index in [1.54, 1.807) is 17.5 Å². The lowest BCUT2D eigenvalue weighted by molar-refractivity contribution is 0.821. The van der Waals surface area contributed by atoms with Crippen LogP contribution in [-0.2, 0) is 6.54 Å². The van der Waals surface area contributed by atoms with Gasteiger partial charge in [0.05, 0.1) is 10.9 Å². The summed E-state index contributed by atoms with van der Waals surface area (Å²) < 4.78 is 2.88. The molecule has 3 aromatic rings. The molecule has 19 heavy (non-hydrogen) atoms. The fourth-order valence-electron chi connectivity index (χ4n) is 1.82. The standard InChI is InChI=1S/C14H12ClN3S/c15-13-7-6-12(19-13)10-18-9-8-16-14(18)17-11-4-2-1-3-5-11/h1-9H,10H2,(H,16,17). The second-order valence-electron chi connectivity index (χ2n) is 4.08. The molecule has 0 aliphatic rings. The Morgan fingerprint density at radius 2 is 2.00 bits per heavy atom. The predicted molar refractivity (Wildman–Crippen MR) is 80.4 cm³/mol. The van der Waals surface area contributed by atoms with Gasteiger partial charge in [-0.3, -0.25) is 0 Å². The van der Waals surface area contributed by atoms with Crippen LogP contribution in [-0.4, -0.2) is 9.55 Å². The van der Waals surface area contributed by atoms with Crippen LogP contribution in [0.15, 0.2) is 54.9 Å². The maximum Gasteiger partial charge on any atom is 0.207 e. The van der Waals surface area contributed by atoms with Crippen molar-refractivity contribution in [2.75, 3.05) is 5.32 Å². The van der Waals surface area contributed by atoms with E-state index in [-0.39, 0.29) is 0 Å². The molecule has 0 saturated carbocycles. The van der Waals surface area contributed by atoms with Crippen molar-refractivity contribution < 1.29 is 0 Å². The minimum Gasteiger partial charge on any atom is -0.326 e. The first-order chi connectivity index (χ1) is 9.31. The van der Waals surface area contributed by atoms with Gasteiger partial charge in [0, 0.05) is 23.0 Å². The van der Waals surface area contributed by atoms with Gasteiger partial charge in [0.2, 0.25) is 5.95 Å². The first kappa shape index (κ1) is 12.3. The summed E-state index contributed by atoms with van der Waals surface area (Å²) in [5.74, 6) is 0.829. The van der Waals surface area contributed by atoms with Gasteiger partial charge in [-0.25, -0.2) is 4.98 Å². The minimum absolute atomic E-state index is 0.770. The molecule has 96 valence electrons. The first-order valence-corrected chi connectivity index (χ1v) is 7.08. The Kier molecular flexibility index (Phi) is 3.53. The van der Waals surface area contributed by atoms with Crippen LogP contribution in [0.25, 0.3) is 0 Å². The maximum atomic E-state index is 5.95. The molecular weight excluding hydrogens is 278 g/mol. The zero-order valence-electron chi connectivity index (χ0n) is 10.1. The number of halogens is 1. The van der Waals surface area contributed by atoms with Crippen molar-refractivity contribution in [3.8, 4) is 0 Å². The Morgan fingerprint density at radius 1 is 1.16 bits per heavy atom. The predicted octanol–water partition coefficient (Wildman–Crippen LogP) is 4.39. The van der Waals surface area contributed by atoms with E-state index in [9.17, 15) is 0 Å². The van der Waals surface area contributed by atoms with E-state index in [1.807, 2.05) is 48.7 Å². The third-order valence-corrected chi connectivity index (χ3v) is 3.92. The molecule has 0 aliphatic heterocycles. The fraction of sp³-hybridized carbons (Fsp3) is 0.0714. The monoisotopic (exact) mass is 289 g/mol. The van der Waals surface area contributed by atoms with Gasteiger partial charge >= 0.3 is 0 Å². The average molecular weight is 290 g/mol. The third kappa shape index (κ3) is 2.97. The number of imidazole rings is 1. The SMILES string of the molecule is Clc1ccc(Cn2ccnc2Nc2ccccc2)s1.